The fourth-order valence-electron chi connectivity index (χ4n) is 1.32. The highest BCUT2D eigenvalue weighted by Gasteiger charge is 2.24. The Morgan fingerprint density at radius 2 is 2.00 bits per heavy atom. The predicted octanol–water partition coefficient (Wildman–Crippen LogP) is 0.832. The monoisotopic (exact) mass is 267 g/mol. The number of hydrogen-bond donors (Lipinski definition) is 2. The molecule has 18 heavy (non-hydrogen) atoms. The van der Waals surface area contributed by atoms with Crippen LogP contribution in [0.5, 0.6) is 0 Å². The van der Waals surface area contributed by atoms with Gasteiger partial charge < -0.3 is 5.11 Å². The molecule has 96 valence electrons. The lowest BCUT2D eigenvalue weighted by molar-refractivity contribution is -0.139. The number of carbonyl (C=O) groups is 1. The molecular weight excluding hydrogens is 254 g/mol. The predicted molar refractivity (Wildman–Crippen MR) is 66.3 cm³/mol. The highest BCUT2D eigenvalue weighted by molar-refractivity contribution is 7.89. The van der Waals surface area contributed by atoms with Gasteiger partial charge in [-0.25, -0.2) is 8.42 Å². The van der Waals surface area contributed by atoms with Gasteiger partial charge in [0, 0.05) is 6.42 Å². The molecule has 0 unspecified atom stereocenters. The summed E-state index contributed by atoms with van der Waals surface area (Å²) in [6.07, 6.45) is 5.27. The molecular formula is C12H13NO4S. The van der Waals surface area contributed by atoms with Crippen LogP contribution in [-0.2, 0) is 14.8 Å². The van der Waals surface area contributed by atoms with Gasteiger partial charge in [-0.05, 0) is 18.6 Å². The zero-order valence-corrected chi connectivity index (χ0v) is 10.4. The van der Waals surface area contributed by atoms with Crippen molar-refractivity contribution in [2.75, 3.05) is 0 Å². The number of aliphatic carboxylic acids is 1. The Kier molecular flexibility index (Phi) is 4.89. The summed E-state index contributed by atoms with van der Waals surface area (Å²) < 4.78 is 25.9. The van der Waals surface area contributed by atoms with Crippen LogP contribution in [0.3, 0.4) is 0 Å². The highest BCUT2D eigenvalue weighted by atomic mass is 32.2. The van der Waals surface area contributed by atoms with Crippen molar-refractivity contribution in [2.45, 2.75) is 23.8 Å². The summed E-state index contributed by atoms with van der Waals surface area (Å²) in [7, 11) is -3.83. The van der Waals surface area contributed by atoms with E-state index in [1.807, 2.05) is 0 Å². The maximum Gasteiger partial charge on any atom is 0.321 e. The SMILES string of the molecule is C#CCC[C@H](NS(=O)(=O)c1ccccc1)C(=O)O. The summed E-state index contributed by atoms with van der Waals surface area (Å²) >= 11 is 0. The smallest absolute Gasteiger partial charge is 0.321 e. The molecule has 0 heterocycles. The molecule has 6 heteroatoms. The number of benzene rings is 1. The van der Waals surface area contributed by atoms with E-state index < -0.39 is 22.0 Å². The van der Waals surface area contributed by atoms with E-state index in [0.29, 0.717) is 0 Å². The lowest BCUT2D eigenvalue weighted by Gasteiger charge is -2.13. The van der Waals surface area contributed by atoms with E-state index in [1.165, 1.54) is 12.1 Å². The molecule has 0 saturated heterocycles. The fourth-order valence-corrected chi connectivity index (χ4v) is 2.56. The molecule has 0 aliphatic carbocycles. The summed E-state index contributed by atoms with van der Waals surface area (Å²) in [5.41, 5.74) is 0. The summed E-state index contributed by atoms with van der Waals surface area (Å²) in [5.74, 6) is 1.03. The van der Waals surface area contributed by atoms with Crippen LogP contribution in [0, 0.1) is 12.3 Å². The molecule has 0 bridgehead atoms. The molecule has 0 fully saturated rings. The van der Waals surface area contributed by atoms with Gasteiger partial charge in [-0.2, -0.15) is 4.72 Å². The average Bonchev–Trinajstić information content (AvgIpc) is 2.35. The van der Waals surface area contributed by atoms with Gasteiger partial charge in [-0.15, -0.1) is 12.3 Å². The van der Waals surface area contributed by atoms with E-state index in [2.05, 4.69) is 10.6 Å². The van der Waals surface area contributed by atoms with Crippen molar-refractivity contribution in [3.63, 3.8) is 0 Å². The minimum Gasteiger partial charge on any atom is -0.480 e. The van der Waals surface area contributed by atoms with E-state index in [0.717, 1.165) is 0 Å². The number of sulfonamides is 1. The largest absolute Gasteiger partial charge is 0.480 e. The van der Waals surface area contributed by atoms with E-state index in [9.17, 15) is 13.2 Å². The first-order chi connectivity index (χ1) is 8.47. The standard InChI is InChI=1S/C12H13NO4S/c1-2-3-9-11(12(14)15)13-18(16,17)10-7-5-4-6-8-10/h1,4-8,11,13H,3,9H2,(H,14,15)/t11-/m0/s1. The van der Waals surface area contributed by atoms with Crippen molar-refractivity contribution in [3.8, 4) is 12.3 Å². The highest BCUT2D eigenvalue weighted by Crippen LogP contribution is 2.09. The third-order valence-electron chi connectivity index (χ3n) is 2.23. The lowest BCUT2D eigenvalue weighted by Crippen LogP contribution is -2.40. The Balaban J connectivity index is 2.87. The minimum absolute atomic E-state index is 0.0250. The molecule has 5 nitrogen and oxygen atoms in total. The zero-order valence-electron chi connectivity index (χ0n) is 9.54. The Morgan fingerprint density at radius 1 is 1.39 bits per heavy atom. The quantitative estimate of drug-likeness (QED) is 0.748. The topological polar surface area (TPSA) is 83.5 Å². The molecule has 0 aliphatic heterocycles. The van der Waals surface area contributed by atoms with Crippen LogP contribution in [0.15, 0.2) is 35.2 Å². The van der Waals surface area contributed by atoms with Crippen LogP contribution in [0.1, 0.15) is 12.8 Å². The van der Waals surface area contributed by atoms with E-state index in [4.69, 9.17) is 11.5 Å². The summed E-state index contributed by atoms with van der Waals surface area (Å²) in [5, 5.41) is 8.91. The minimum atomic E-state index is -3.83. The molecule has 1 rings (SSSR count). The molecule has 1 atom stereocenters. The van der Waals surface area contributed by atoms with E-state index >= 15 is 0 Å². The number of nitrogens with one attached hydrogen (secondary N) is 1. The van der Waals surface area contributed by atoms with E-state index in [1.54, 1.807) is 18.2 Å². The van der Waals surface area contributed by atoms with Crippen molar-refractivity contribution in [1.82, 2.24) is 4.72 Å². The lowest BCUT2D eigenvalue weighted by atomic mass is 10.2. The van der Waals surface area contributed by atoms with Crippen LogP contribution in [0.4, 0.5) is 0 Å². The van der Waals surface area contributed by atoms with Crippen molar-refractivity contribution >= 4 is 16.0 Å². The number of rotatable bonds is 6. The van der Waals surface area contributed by atoms with Crippen LogP contribution < -0.4 is 4.72 Å². The van der Waals surface area contributed by atoms with Gasteiger partial charge >= 0.3 is 5.97 Å². The van der Waals surface area contributed by atoms with Gasteiger partial charge in [0.05, 0.1) is 4.90 Å². The number of hydrogen-bond acceptors (Lipinski definition) is 3. The van der Waals surface area contributed by atoms with Crippen molar-refractivity contribution in [2.24, 2.45) is 0 Å². The van der Waals surface area contributed by atoms with Gasteiger partial charge in [-0.1, -0.05) is 18.2 Å². The third kappa shape index (κ3) is 3.87. The maximum atomic E-state index is 11.9. The Hall–Kier alpha value is -1.84. The third-order valence-corrected chi connectivity index (χ3v) is 3.71. The fraction of sp³-hybridized carbons (Fsp3) is 0.250. The van der Waals surface area contributed by atoms with Crippen molar-refractivity contribution in [1.29, 1.82) is 0 Å². The van der Waals surface area contributed by atoms with Gasteiger partial charge in [0.1, 0.15) is 6.04 Å². The van der Waals surface area contributed by atoms with Crippen molar-refractivity contribution < 1.29 is 18.3 Å². The van der Waals surface area contributed by atoms with Gasteiger partial charge in [0.15, 0.2) is 0 Å². The van der Waals surface area contributed by atoms with Gasteiger partial charge in [0.25, 0.3) is 0 Å². The maximum absolute atomic E-state index is 11.9. The molecule has 0 saturated carbocycles. The second kappa shape index (κ2) is 6.19. The van der Waals surface area contributed by atoms with Crippen LogP contribution in [0.25, 0.3) is 0 Å². The number of carboxylic acids is 1. The van der Waals surface area contributed by atoms with Gasteiger partial charge in [0.2, 0.25) is 10.0 Å². The molecule has 0 aliphatic rings. The Labute approximate surface area is 106 Å². The molecule has 0 amide bonds. The summed E-state index contributed by atoms with van der Waals surface area (Å²) in [4.78, 5) is 10.9. The molecule has 0 spiro atoms. The van der Waals surface area contributed by atoms with E-state index in [-0.39, 0.29) is 17.7 Å². The number of terminal acetylenes is 1. The molecule has 0 aromatic heterocycles. The van der Waals surface area contributed by atoms with Crippen LogP contribution in [0.2, 0.25) is 0 Å². The van der Waals surface area contributed by atoms with Crippen LogP contribution >= 0.6 is 0 Å². The summed E-state index contributed by atoms with van der Waals surface area (Å²) in [6.45, 7) is 0. The average molecular weight is 267 g/mol. The van der Waals surface area contributed by atoms with Crippen LogP contribution in [-0.4, -0.2) is 25.5 Å². The van der Waals surface area contributed by atoms with Gasteiger partial charge in [-0.3, -0.25) is 4.79 Å². The first-order valence-corrected chi connectivity index (χ1v) is 6.69. The molecule has 1 aromatic rings. The molecule has 2 N–H and O–H groups in total. The number of carboxylic acid groups (broad SMARTS) is 1. The first-order valence-electron chi connectivity index (χ1n) is 5.21. The van der Waals surface area contributed by atoms with Crippen molar-refractivity contribution in [3.05, 3.63) is 30.3 Å². The zero-order chi connectivity index (χ0) is 13.6. The normalized spacial score (nSPS) is 12.6. The second-order valence-corrected chi connectivity index (χ2v) is 5.28. The Bertz CT molecular complexity index is 545. The Morgan fingerprint density at radius 3 is 2.50 bits per heavy atom. The first kappa shape index (κ1) is 14.2. The summed E-state index contributed by atoms with van der Waals surface area (Å²) in [6, 6.07) is 6.36. The molecule has 1 aromatic carbocycles. The molecule has 0 radical (unpaired) electrons. The second-order valence-electron chi connectivity index (χ2n) is 3.57.